The predicted octanol–water partition coefficient (Wildman–Crippen LogP) is 1.51. The smallest absolute Gasteiger partial charge is 0.323 e. The van der Waals surface area contributed by atoms with E-state index in [-0.39, 0.29) is 31.0 Å². The number of amides is 1. The monoisotopic (exact) mass is 245 g/mol. The Bertz CT molecular complexity index is 253. The van der Waals surface area contributed by atoms with E-state index in [0.717, 1.165) is 6.42 Å². The number of ether oxygens (including phenoxy) is 1. The quantitative estimate of drug-likeness (QED) is 0.704. The second-order valence-corrected chi connectivity index (χ2v) is 4.34. The number of carboxylic acids is 1. The molecule has 0 aromatic carbocycles. The van der Waals surface area contributed by atoms with Crippen molar-refractivity contribution in [2.75, 3.05) is 13.2 Å². The normalized spacial score (nSPS) is 12.5. The zero-order valence-corrected chi connectivity index (χ0v) is 11.1. The zero-order chi connectivity index (χ0) is 13.4. The summed E-state index contributed by atoms with van der Waals surface area (Å²) in [6, 6.07) is -0.0577. The molecular weight excluding hydrogens is 222 g/mol. The zero-order valence-electron chi connectivity index (χ0n) is 11.1. The lowest BCUT2D eigenvalue weighted by molar-refractivity contribution is -0.146. The van der Waals surface area contributed by atoms with Crippen LogP contribution >= 0.6 is 0 Å². The van der Waals surface area contributed by atoms with Crippen molar-refractivity contribution in [1.29, 1.82) is 0 Å². The van der Waals surface area contributed by atoms with Crippen LogP contribution in [0.2, 0.25) is 0 Å². The van der Waals surface area contributed by atoms with Crippen LogP contribution in [0.1, 0.15) is 40.5 Å². The standard InChI is InChI=1S/C12H23NO4/c1-5-10(4)13(8-12(15)16)11(14)6-7-17-9(2)3/h9-10H,5-8H2,1-4H3,(H,15,16). The van der Waals surface area contributed by atoms with Gasteiger partial charge in [0.2, 0.25) is 5.91 Å². The Kier molecular flexibility index (Phi) is 7.54. The predicted molar refractivity (Wildman–Crippen MR) is 64.8 cm³/mol. The minimum Gasteiger partial charge on any atom is -0.480 e. The molecule has 1 N–H and O–H groups in total. The molecule has 1 unspecified atom stereocenters. The van der Waals surface area contributed by atoms with E-state index in [1.807, 2.05) is 27.7 Å². The maximum Gasteiger partial charge on any atom is 0.323 e. The van der Waals surface area contributed by atoms with Gasteiger partial charge in [0.1, 0.15) is 6.54 Å². The van der Waals surface area contributed by atoms with Crippen LogP contribution < -0.4 is 0 Å². The third kappa shape index (κ3) is 6.94. The highest BCUT2D eigenvalue weighted by Crippen LogP contribution is 2.06. The van der Waals surface area contributed by atoms with Crippen LogP contribution in [0.5, 0.6) is 0 Å². The summed E-state index contributed by atoms with van der Waals surface area (Å²) in [5.74, 6) is -1.15. The van der Waals surface area contributed by atoms with Crippen molar-refractivity contribution in [2.24, 2.45) is 0 Å². The van der Waals surface area contributed by atoms with E-state index < -0.39 is 5.97 Å². The van der Waals surface area contributed by atoms with Gasteiger partial charge in [-0.25, -0.2) is 0 Å². The van der Waals surface area contributed by atoms with E-state index in [4.69, 9.17) is 9.84 Å². The van der Waals surface area contributed by atoms with Gasteiger partial charge in [-0.1, -0.05) is 6.92 Å². The van der Waals surface area contributed by atoms with Gasteiger partial charge in [-0.05, 0) is 27.2 Å². The van der Waals surface area contributed by atoms with Crippen molar-refractivity contribution < 1.29 is 19.4 Å². The van der Waals surface area contributed by atoms with Crippen molar-refractivity contribution in [3.05, 3.63) is 0 Å². The number of rotatable bonds is 8. The summed E-state index contributed by atoms with van der Waals surface area (Å²) in [6.45, 7) is 7.67. The molecule has 5 heteroatoms. The third-order valence-electron chi connectivity index (χ3n) is 2.52. The fourth-order valence-corrected chi connectivity index (χ4v) is 1.38. The first-order valence-corrected chi connectivity index (χ1v) is 6.01. The van der Waals surface area contributed by atoms with Crippen molar-refractivity contribution in [2.45, 2.75) is 52.7 Å². The van der Waals surface area contributed by atoms with Gasteiger partial charge >= 0.3 is 5.97 Å². The summed E-state index contributed by atoms with van der Waals surface area (Å²) in [5, 5.41) is 8.77. The van der Waals surface area contributed by atoms with E-state index in [0.29, 0.717) is 6.61 Å². The van der Waals surface area contributed by atoms with Gasteiger partial charge < -0.3 is 14.7 Å². The molecule has 0 aromatic heterocycles. The lowest BCUT2D eigenvalue weighted by Crippen LogP contribution is -2.42. The lowest BCUT2D eigenvalue weighted by Gasteiger charge is -2.27. The Hall–Kier alpha value is -1.10. The van der Waals surface area contributed by atoms with Gasteiger partial charge in [0.15, 0.2) is 0 Å². The highest BCUT2D eigenvalue weighted by molar-refractivity contribution is 5.81. The van der Waals surface area contributed by atoms with Crippen LogP contribution in [0, 0.1) is 0 Å². The molecule has 0 heterocycles. The van der Waals surface area contributed by atoms with Crippen LogP contribution in [0.3, 0.4) is 0 Å². The maximum atomic E-state index is 11.8. The van der Waals surface area contributed by atoms with E-state index >= 15 is 0 Å². The first-order chi connectivity index (χ1) is 7.88. The summed E-state index contributed by atoms with van der Waals surface area (Å²) in [6.07, 6.45) is 1.05. The summed E-state index contributed by atoms with van der Waals surface area (Å²) >= 11 is 0. The number of carbonyl (C=O) groups excluding carboxylic acids is 1. The first kappa shape index (κ1) is 15.9. The molecule has 100 valence electrons. The molecule has 0 radical (unpaired) electrons. The molecular formula is C12H23NO4. The molecule has 0 saturated heterocycles. The fraction of sp³-hybridized carbons (Fsp3) is 0.833. The van der Waals surface area contributed by atoms with Crippen molar-refractivity contribution in [3.8, 4) is 0 Å². The molecule has 17 heavy (non-hydrogen) atoms. The number of hydrogen-bond donors (Lipinski definition) is 1. The SMILES string of the molecule is CCC(C)N(CC(=O)O)C(=O)CCOC(C)C. The number of nitrogens with zero attached hydrogens (tertiary/aromatic N) is 1. The molecule has 0 aliphatic carbocycles. The Balaban J connectivity index is 4.27. The van der Waals surface area contributed by atoms with E-state index in [2.05, 4.69) is 0 Å². The molecule has 0 aliphatic rings. The van der Waals surface area contributed by atoms with Crippen LogP contribution in [-0.4, -0.2) is 47.2 Å². The average molecular weight is 245 g/mol. The average Bonchev–Trinajstić information content (AvgIpc) is 2.23. The Labute approximate surface area is 103 Å². The van der Waals surface area contributed by atoms with Crippen molar-refractivity contribution in [3.63, 3.8) is 0 Å². The molecule has 0 rings (SSSR count). The highest BCUT2D eigenvalue weighted by atomic mass is 16.5. The van der Waals surface area contributed by atoms with Gasteiger partial charge in [0.05, 0.1) is 19.1 Å². The minimum absolute atomic E-state index is 0.0577. The number of hydrogen-bond acceptors (Lipinski definition) is 3. The van der Waals surface area contributed by atoms with Crippen LogP contribution in [0.25, 0.3) is 0 Å². The molecule has 0 fully saturated rings. The van der Waals surface area contributed by atoms with Gasteiger partial charge in [0, 0.05) is 6.04 Å². The number of carbonyl (C=O) groups is 2. The molecule has 0 bridgehead atoms. The van der Waals surface area contributed by atoms with Gasteiger partial charge in [0.25, 0.3) is 0 Å². The maximum absolute atomic E-state index is 11.8. The Morgan fingerprint density at radius 3 is 2.29 bits per heavy atom. The van der Waals surface area contributed by atoms with Crippen molar-refractivity contribution in [1.82, 2.24) is 4.90 Å². The second kappa shape index (κ2) is 8.06. The highest BCUT2D eigenvalue weighted by Gasteiger charge is 2.21. The topological polar surface area (TPSA) is 66.8 Å². The summed E-state index contributed by atoms with van der Waals surface area (Å²) in [5.41, 5.74) is 0. The molecule has 0 saturated carbocycles. The number of carboxylic acid groups (broad SMARTS) is 1. The summed E-state index contributed by atoms with van der Waals surface area (Å²) in [7, 11) is 0. The second-order valence-electron chi connectivity index (χ2n) is 4.34. The van der Waals surface area contributed by atoms with Crippen LogP contribution in [-0.2, 0) is 14.3 Å². The van der Waals surface area contributed by atoms with Gasteiger partial charge in [-0.2, -0.15) is 0 Å². The lowest BCUT2D eigenvalue weighted by atomic mass is 10.2. The van der Waals surface area contributed by atoms with Crippen molar-refractivity contribution >= 4 is 11.9 Å². The third-order valence-corrected chi connectivity index (χ3v) is 2.52. The summed E-state index contributed by atoms with van der Waals surface area (Å²) < 4.78 is 5.29. The molecule has 1 atom stereocenters. The first-order valence-electron chi connectivity index (χ1n) is 6.01. The summed E-state index contributed by atoms with van der Waals surface area (Å²) in [4.78, 5) is 23.9. The minimum atomic E-state index is -0.983. The largest absolute Gasteiger partial charge is 0.480 e. The molecule has 0 aromatic rings. The fourth-order valence-electron chi connectivity index (χ4n) is 1.38. The molecule has 0 aliphatic heterocycles. The van der Waals surface area contributed by atoms with E-state index in [1.54, 1.807) is 0 Å². The van der Waals surface area contributed by atoms with Crippen LogP contribution in [0.4, 0.5) is 0 Å². The van der Waals surface area contributed by atoms with Gasteiger partial charge in [-0.15, -0.1) is 0 Å². The van der Waals surface area contributed by atoms with Crippen LogP contribution in [0.15, 0.2) is 0 Å². The Morgan fingerprint density at radius 2 is 1.88 bits per heavy atom. The molecule has 1 amide bonds. The van der Waals surface area contributed by atoms with E-state index in [9.17, 15) is 9.59 Å². The van der Waals surface area contributed by atoms with Gasteiger partial charge in [-0.3, -0.25) is 9.59 Å². The molecule has 5 nitrogen and oxygen atoms in total. The Morgan fingerprint density at radius 1 is 1.29 bits per heavy atom. The van der Waals surface area contributed by atoms with E-state index in [1.165, 1.54) is 4.90 Å². The molecule has 0 spiro atoms. The number of aliphatic carboxylic acids is 1.